The first kappa shape index (κ1) is 13.2. The molecule has 0 aliphatic carbocycles. The zero-order chi connectivity index (χ0) is 12.8. The summed E-state index contributed by atoms with van der Waals surface area (Å²) in [5.41, 5.74) is 2.55. The molecule has 1 aromatic rings. The predicted molar refractivity (Wildman–Crippen MR) is 77.4 cm³/mol. The second-order valence-electron chi connectivity index (χ2n) is 5.19. The molecule has 0 radical (unpaired) electrons. The lowest BCUT2D eigenvalue weighted by Gasteiger charge is -2.19. The van der Waals surface area contributed by atoms with Crippen molar-refractivity contribution in [2.75, 3.05) is 43.6 Å². The second-order valence-corrected chi connectivity index (χ2v) is 5.19. The topological polar surface area (TPSA) is 24.5 Å². The van der Waals surface area contributed by atoms with Gasteiger partial charge >= 0.3 is 0 Å². The maximum atomic E-state index is 5.15. The van der Waals surface area contributed by atoms with Crippen LogP contribution in [0.2, 0.25) is 0 Å². The van der Waals surface area contributed by atoms with Crippen LogP contribution in [0.5, 0.6) is 0 Å². The Morgan fingerprint density at radius 3 is 2.83 bits per heavy atom. The van der Waals surface area contributed by atoms with Crippen LogP contribution < -0.4 is 10.2 Å². The standard InChI is InChI=1S/C15H24N2O/c1-13(12-18-2)11-16-14-6-5-7-15(10-14)17-8-3-4-9-17/h5-7,10,13,16H,3-4,8-9,11-12H2,1-2H3. The van der Waals surface area contributed by atoms with E-state index in [1.807, 2.05) is 0 Å². The van der Waals surface area contributed by atoms with E-state index in [2.05, 4.69) is 41.4 Å². The van der Waals surface area contributed by atoms with Crippen molar-refractivity contribution in [2.24, 2.45) is 5.92 Å². The highest BCUT2D eigenvalue weighted by molar-refractivity contribution is 5.58. The first-order chi connectivity index (χ1) is 8.79. The van der Waals surface area contributed by atoms with Gasteiger partial charge in [-0.2, -0.15) is 0 Å². The van der Waals surface area contributed by atoms with Crippen LogP contribution in [0.15, 0.2) is 24.3 Å². The van der Waals surface area contributed by atoms with Crippen molar-refractivity contribution in [3.63, 3.8) is 0 Å². The number of hydrogen-bond donors (Lipinski definition) is 1. The molecule has 0 saturated carbocycles. The van der Waals surface area contributed by atoms with Crippen LogP contribution in [0.4, 0.5) is 11.4 Å². The zero-order valence-corrected chi connectivity index (χ0v) is 11.5. The van der Waals surface area contributed by atoms with Crippen LogP contribution in [-0.2, 0) is 4.74 Å². The van der Waals surface area contributed by atoms with Crippen LogP contribution in [0.3, 0.4) is 0 Å². The van der Waals surface area contributed by atoms with E-state index < -0.39 is 0 Å². The Hall–Kier alpha value is -1.22. The third-order valence-corrected chi connectivity index (χ3v) is 3.42. The van der Waals surface area contributed by atoms with Crippen LogP contribution in [-0.4, -0.2) is 33.4 Å². The van der Waals surface area contributed by atoms with Crippen LogP contribution in [0, 0.1) is 5.92 Å². The van der Waals surface area contributed by atoms with E-state index in [1.54, 1.807) is 7.11 Å². The smallest absolute Gasteiger partial charge is 0.0504 e. The summed E-state index contributed by atoms with van der Waals surface area (Å²) in [6.07, 6.45) is 2.64. The number of nitrogens with zero attached hydrogens (tertiary/aromatic N) is 1. The van der Waals surface area contributed by atoms with Gasteiger partial charge in [-0.05, 0) is 37.0 Å². The van der Waals surface area contributed by atoms with Gasteiger partial charge in [0.1, 0.15) is 0 Å². The Bertz CT molecular complexity index is 361. The lowest BCUT2D eigenvalue weighted by atomic mass is 10.2. The maximum Gasteiger partial charge on any atom is 0.0504 e. The van der Waals surface area contributed by atoms with Gasteiger partial charge in [-0.1, -0.05) is 13.0 Å². The molecule has 2 rings (SSSR count). The molecule has 100 valence electrons. The molecule has 1 aromatic carbocycles. The van der Waals surface area contributed by atoms with Gasteiger partial charge in [0.05, 0.1) is 6.61 Å². The first-order valence-electron chi connectivity index (χ1n) is 6.87. The summed E-state index contributed by atoms with van der Waals surface area (Å²) in [4.78, 5) is 2.46. The Morgan fingerprint density at radius 1 is 1.33 bits per heavy atom. The normalized spacial score (nSPS) is 16.9. The molecule has 0 amide bonds. The molecule has 1 unspecified atom stereocenters. The zero-order valence-electron chi connectivity index (χ0n) is 11.5. The molecule has 1 aliphatic rings. The molecule has 0 spiro atoms. The fourth-order valence-corrected chi connectivity index (χ4v) is 2.42. The monoisotopic (exact) mass is 248 g/mol. The molecule has 1 fully saturated rings. The number of methoxy groups -OCH3 is 1. The van der Waals surface area contributed by atoms with E-state index in [1.165, 1.54) is 37.3 Å². The molecule has 18 heavy (non-hydrogen) atoms. The first-order valence-corrected chi connectivity index (χ1v) is 6.87. The Morgan fingerprint density at radius 2 is 2.11 bits per heavy atom. The molecular formula is C15H24N2O. The fraction of sp³-hybridized carbons (Fsp3) is 0.600. The van der Waals surface area contributed by atoms with E-state index in [4.69, 9.17) is 4.74 Å². The van der Waals surface area contributed by atoms with Gasteiger partial charge in [0.2, 0.25) is 0 Å². The summed E-state index contributed by atoms with van der Waals surface area (Å²) >= 11 is 0. The largest absolute Gasteiger partial charge is 0.385 e. The van der Waals surface area contributed by atoms with Crippen molar-refractivity contribution in [1.29, 1.82) is 0 Å². The molecular weight excluding hydrogens is 224 g/mol. The Labute approximate surface area is 110 Å². The van der Waals surface area contributed by atoms with Crippen LogP contribution in [0.1, 0.15) is 19.8 Å². The van der Waals surface area contributed by atoms with Crippen molar-refractivity contribution in [3.05, 3.63) is 24.3 Å². The van der Waals surface area contributed by atoms with Gasteiger partial charge in [-0.25, -0.2) is 0 Å². The van der Waals surface area contributed by atoms with Gasteiger partial charge in [-0.3, -0.25) is 0 Å². The molecule has 1 atom stereocenters. The summed E-state index contributed by atoms with van der Waals surface area (Å²) in [6, 6.07) is 8.73. The van der Waals surface area contributed by atoms with E-state index in [-0.39, 0.29) is 0 Å². The summed E-state index contributed by atoms with van der Waals surface area (Å²) in [6.45, 7) is 6.35. The van der Waals surface area contributed by atoms with Gasteiger partial charge < -0.3 is 15.0 Å². The highest BCUT2D eigenvalue weighted by Crippen LogP contribution is 2.23. The van der Waals surface area contributed by atoms with E-state index in [0.29, 0.717) is 5.92 Å². The molecule has 0 bridgehead atoms. The molecule has 3 heteroatoms. The third kappa shape index (κ3) is 3.64. The number of anilines is 2. The number of hydrogen-bond acceptors (Lipinski definition) is 3. The quantitative estimate of drug-likeness (QED) is 0.837. The van der Waals surface area contributed by atoms with E-state index >= 15 is 0 Å². The van der Waals surface area contributed by atoms with Crippen molar-refractivity contribution in [3.8, 4) is 0 Å². The lowest BCUT2D eigenvalue weighted by molar-refractivity contribution is 0.164. The molecule has 1 N–H and O–H groups in total. The number of nitrogens with one attached hydrogen (secondary N) is 1. The number of benzene rings is 1. The van der Waals surface area contributed by atoms with E-state index in [0.717, 1.165) is 13.2 Å². The maximum absolute atomic E-state index is 5.15. The summed E-state index contributed by atoms with van der Waals surface area (Å²) in [5.74, 6) is 0.533. The number of rotatable bonds is 6. The SMILES string of the molecule is COCC(C)CNc1cccc(N2CCCC2)c1. The summed E-state index contributed by atoms with van der Waals surface area (Å²) in [5, 5.41) is 3.49. The predicted octanol–water partition coefficient (Wildman–Crippen LogP) is 2.98. The Kier molecular flexibility index (Phi) is 4.88. The fourth-order valence-electron chi connectivity index (χ4n) is 2.42. The summed E-state index contributed by atoms with van der Waals surface area (Å²) < 4.78 is 5.15. The minimum atomic E-state index is 0.533. The minimum absolute atomic E-state index is 0.533. The van der Waals surface area contributed by atoms with Crippen molar-refractivity contribution >= 4 is 11.4 Å². The van der Waals surface area contributed by atoms with Crippen molar-refractivity contribution < 1.29 is 4.74 Å². The van der Waals surface area contributed by atoms with Gasteiger partial charge in [-0.15, -0.1) is 0 Å². The second kappa shape index (κ2) is 6.64. The highest BCUT2D eigenvalue weighted by Gasteiger charge is 2.12. The lowest BCUT2D eigenvalue weighted by Crippen LogP contribution is -2.18. The third-order valence-electron chi connectivity index (χ3n) is 3.42. The van der Waals surface area contributed by atoms with E-state index in [9.17, 15) is 0 Å². The average Bonchev–Trinajstić information content (AvgIpc) is 2.91. The Balaban J connectivity index is 1.90. The number of ether oxygens (including phenoxy) is 1. The van der Waals surface area contributed by atoms with Gasteiger partial charge in [0.25, 0.3) is 0 Å². The van der Waals surface area contributed by atoms with Gasteiger partial charge in [0, 0.05) is 38.1 Å². The molecule has 3 nitrogen and oxygen atoms in total. The highest BCUT2D eigenvalue weighted by atomic mass is 16.5. The molecule has 1 saturated heterocycles. The van der Waals surface area contributed by atoms with Crippen molar-refractivity contribution in [2.45, 2.75) is 19.8 Å². The minimum Gasteiger partial charge on any atom is -0.385 e. The average molecular weight is 248 g/mol. The van der Waals surface area contributed by atoms with Gasteiger partial charge in [0.15, 0.2) is 0 Å². The molecule has 0 aromatic heterocycles. The summed E-state index contributed by atoms with van der Waals surface area (Å²) in [7, 11) is 1.75. The molecule has 1 heterocycles. The van der Waals surface area contributed by atoms with Crippen molar-refractivity contribution in [1.82, 2.24) is 0 Å². The van der Waals surface area contributed by atoms with Crippen LogP contribution >= 0.6 is 0 Å². The van der Waals surface area contributed by atoms with Crippen LogP contribution in [0.25, 0.3) is 0 Å². The molecule has 1 aliphatic heterocycles.